The van der Waals surface area contributed by atoms with Gasteiger partial charge in [-0.25, -0.2) is 0 Å². The van der Waals surface area contributed by atoms with Gasteiger partial charge in [0.15, 0.2) is 0 Å². The third-order valence-corrected chi connectivity index (χ3v) is 5.49. The highest BCUT2D eigenvalue weighted by molar-refractivity contribution is 5.83. The Morgan fingerprint density at radius 3 is 2.41 bits per heavy atom. The van der Waals surface area contributed by atoms with Gasteiger partial charge in [-0.15, -0.1) is 0 Å². The molecular weight excluding hydrogens is 220 g/mol. The lowest BCUT2D eigenvalue weighted by atomic mass is 9.72. The molecule has 4 nitrogen and oxygen atoms in total. The topological polar surface area (TPSA) is 63.6 Å². The molecule has 0 aliphatic heterocycles. The highest BCUT2D eigenvalue weighted by Gasteiger charge is 2.79. The van der Waals surface area contributed by atoms with Crippen LogP contribution in [0, 0.1) is 16.2 Å². The smallest absolute Gasteiger partial charge is 0.312 e. The number of methoxy groups -OCH3 is 1. The molecule has 2 rings (SSSR count). The first-order valence-corrected chi connectivity index (χ1v) is 6.12. The minimum Gasteiger partial charge on any atom is -0.481 e. The summed E-state index contributed by atoms with van der Waals surface area (Å²) in [5.74, 6) is -0.870. The maximum absolute atomic E-state index is 11.9. The van der Waals surface area contributed by atoms with Gasteiger partial charge in [-0.05, 0) is 36.5 Å². The molecule has 17 heavy (non-hydrogen) atoms. The van der Waals surface area contributed by atoms with Crippen LogP contribution in [0.5, 0.6) is 0 Å². The first-order chi connectivity index (χ1) is 7.81. The summed E-state index contributed by atoms with van der Waals surface area (Å²) >= 11 is 0. The zero-order valence-corrected chi connectivity index (χ0v) is 10.7. The van der Waals surface area contributed by atoms with Crippen molar-refractivity contribution in [1.82, 2.24) is 0 Å². The molecule has 2 aliphatic rings. The number of aliphatic carboxylic acids is 1. The van der Waals surface area contributed by atoms with E-state index in [0.29, 0.717) is 6.42 Å². The quantitative estimate of drug-likeness (QED) is 0.765. The Morgan fingerprint density at radius 2 is 1.94 bits per heavy atom. The summed E-state index contributed by atoms with van der Waals surface area (Å²) in [6.07, 6.45) is 3.45. The van der Waals surface area contributed by atoms with Crippen LogP contribution in [-0.2, 0) is 14.3 Å². The zero-order valence-electron chi connectivity index (χ0n) is 10.7. The molecule has 2 aliphatic carbocycles. The van der Waals surface area contributed by atoms with E-state index in [2.05, 4.69) is 13.8 Å². The largest absolute Gasteiger partial charge is 0.481 e. The van der Waals surface area contributed by atoms with Gasteiger partial charge in [0.25, 0.3) is 0 Å². The number of carboxylic acids is 1. The number of carbonyl (C=O) groups excluding carboxylic acids is 1. The Kier molecular flexibility index (Phi) is 2.53. The van der Waals surface area contributed by atoms with Crippen molar-refractivity contribution >= 4 is 11.9 Å². The molecule has 0 spiro atoms. The van der Waals surface area contributed by atoms with Crippen LogP contribution in [0.2, 0.25) is 0 Å². The number of hydrogen-bond donors (Lipinski definition) is 1. The van der Waals surface area contributed by atoms with Crippen molar-refractivity contribution in [2.24, 2.45) is 16.2 Å². The summed E-state index contributed by atoms with van der Waals surface area (Å²) in [6.45, 7) is 4.23. The first kappa shape index (κ1) is 12.4. The van der Waals surface area contributed by atoms with E-state index in [1.54, 1.807) is 0 Å². The summed E-state index contributed by atoms with van der Waals surface area (Å²) < 4.78 is 4.91. The molecule has 96 valence electrons. The van der Waals surface area contributed by atoms with E-state index in [-0.39, 0.29) is 28.6 Å². The van der Waals surface area contributed by atoms with Gasteiger partial charge in [-0.3, -0.25) is 9.59 Å². The summed E-state index contributed by atoms with van der Waals surface area (Å²) in [7, 11) is 1.43. The number of fused-ring (bicyclic) bond motifs is 1. The summed E-state index contributed by atoms with van der Waals surface area (Å²) in [4.78, 5) is 22.6. The lowest BCUT2D eigenvalue weighted by Gasteiger charge is -2.32. The number of ether oxygens (including phenoxy) is 1. The Hall–Kier alpha value is -1.06. The van der Waals surface area contributed by atoms with Crippen LogP contribution in [0.3, 0.4) is 0 Å². The third-order valence-electron chi connectivity index (χ3n) is 5.49. The van der Waals surface area contributed by atoms with Gasteiger partial charge in [0.1, 0.15) is 0 Å². The van der Waals surface area contributed by atoms with Gasteiger partial charge >= 0.3 is 11.9 Å². The Balaban J connectivity index is 2.15. The maximum Gasteiger partial charge on any atom is 0.312 e. The summed E-state index contributed by atoms with van der Waals surface area (Å²) in [6, 6.07) is 0. The maximum atomic E-state index is 11.9. The monoisotopic (exact) mass is 240 g/mol. The van der Waals surface area contributed by atoms with Crippen molar-refractivity contribution in [3.8, 4) is 0 Å². The lowest BCUT2D eigenvalue weighted by molar-refractivity contribution is -0.148. The first-order valence-electron chi connectivity index (χ1n) is 6.12. The second-order valence-electron chi connectivity index (χ2n) is 6.04. The molecule has 0 aromatic heterocycles. The zero-order chi connectivity index (χ0) is 12.9. The molecule has 0 radical (unpaired) electrons. The fourth-order valence-electron chi connectivity index (χ4n) is 3.86. The molecule has 0 saturated heterocycles. The number of hydrogen-bond acceptors (Lipinski definition) is 3. The normalized spacial score (nSPS) is 43.0. The van der Waals surface area contributed by atoms with E-state index in [0.717, 1.165) is 19.3 Å². The average Bonchev–Trinajstić information content (AvgIpc) is 2.85. The van der Waals surface area contributed by atoms with Gasteiger partial charge in [0.05, 0.1) is 12.5 Å². The van der Waals surface area contributed by atoms with Crippen molar-refractivity contribution in [3.05, 3.63) is 0 Å². The van der Waals surface area contributed by atoms with E-state index in [9.17, 15) is 9.59 Å². The van der Waals surface area contributed by atoms with Crippen LogP contribution in [0.1, 0.15) is 46.0 Å². The second kappa shape index (κ2) is 3.47. The average molecular weight is 240 g/mol. The highest BCUT2D eigenvalue weighted by Crippen LogP contribution is 2.81. The van der Waals surface area contributed by atoms with Gasteiger partial charge in [-0.2, -0.15) is 0 Å². The Morgan fingerprint density at radius 1 is 1.29 bits per heavy atom. The standard InChI is InChI=1S/C13H20O4/c1-11(5-4-9(14)15)6-7-13(10(16)17-3)8-12(11,13)2/h4-8H2,1-3H3,(H,14,15). The van der Waals surface area contributed by atoms with Gasteiger partial charge in [-0.1, -0.05) is 13.8 Å². The van der Waals surface area contributed by atoms with E-state index >= 15 is 0 Å². The molecule has 0 bridgehead atoms. The highest BCUT2D eigenvalue weighted by atomic mass is 16.5. The minimum absolute atomic E-state index is 0.0421. The van der Waals surface area contributed by atoms with Gasteiger partial charge < -0.3 is 9.84 Å². The molecule has 3 unspecified atom stereocenters. The fraction of sp³-hybridized carbons (Fsp3) is 0.846. The fourth-order valence-corrected chi connectivity index (χ4v) is 3.86. The Bertz CT molecular complexity index is 374. The van der Waals surface area contributed by atoms with Crippen molar-refractivity contribution in [1.29, 1.82) is 0 Å². The molecule has 4 heteroatoms. The van der Waals surface area contributed by atoms with Crippen LogP contribution >= 0.6 is 0 Å². The predicted octanol–water partition coefficient (Wildman–Crippen LogP) is 2.22. The van der Waals surface area contributed by atoms with E-state index < -0.39 is 5.97 Å². The number of esters is 1. The predicted molar refractivity (Wildman–Crippen MR) is 61.4 cm³/mol. The summed E-state index contributed by atoms with van der Waals surface area (Å²) in [5.41, 5.74) is -0.433. The molecule has 2 saturated carbocycles. The number of carboxylic acid groups (broad SMARTS) is 1. The van der Waals surface area contributed by atoms with E-state index in [4.69, 9.17) is 9.84 Å². The Labute approximate surface area is 101 Å². The van der Waals surface area contributed by atoms with Crippen LogP contribution in [0.25, 0.3) is 0 Å². The molecule has 0 amide bonds. The van der Waals surface area contributed by atoms with Crippen LogP contribution < -0.4 is 0 Å². The third kappa shape index (κ3) is 1.42. The lowest BCUT2D eigenvalue weighted by Crippen LogP contribution is -2.28. The van der Waals surface area contributed by atoms with Crippen LogP contribution in [0.4, 0.5) is 0 Å². The van der Waals surface area contributed by atoms with E-state index in [1.165, 1.54) is 7.11 Å². The van der Waals surface area contributed by atoms with Gasteiger partial charge in [0.2, 0.25) is 0 Å². The summed E-state index contributed by atoms with van der Waals surface area (Å²) in [5, 5.41) is 8.80. The van der Waals surface area contributed by atoms with Crippen LogP contribution in [0.15, 0.2) is 0 Å². The van der Waals surface area contributed by atoms with Crippen molar-refractivity contribution in [2.75, 3.05) is 7.11 Å². The molecule has 2 fully saturated rings. The molecule has 0 heterocycles. The molecule has 0 aromatic carbocycles. The van der Waals surface area contributed by atoms with Crippen molar-refractivity contribution in [3.63, 3.8) is 0 Å². The van der Waals surface area contributed by atoms with Crippen LogP contribution in [-0.4, -0.2) is 24.2 Å². The van der Waals surface area contributed by atoms with Crippen molar-refractivity contribution < 1.29 is 19.4 Å². The van der Waals surface area contributed by atoms with Crippen molar-refractivity contribution in [2.45, 2.75) is 46.0 Å². The van der Waals surface area contributed by atoms with Gasteiger partial charge in [0, 0.05) is 6.42 Å². The minimum atomic E-state index is -0.758. The SMILES string of the molecule is COC(=O)C12CCC(C)(CCC(=O)O)C1(C)C2. The molecule has 3 atom stereocenters. The second-order valence-corrected chi connectivity index (χ2v) is 6.04. The molecule has 0 aromatic rings. The molecule has 1 N–H and O–H groups in total. The number of carbonyl (C=O) groups is 2. The molecular formula is C13H20O4. The number of rotatable bonds is 4. The van der Waals surface area contributed by atoms with E-state index in [1.807, 2.05) is 0 Å².